The molecule has 0 aromatic carbocycles. The second-order valence-corrected chi connectivity index (χ2v) is 4.69. The fourth-order valence-corrected chi connectivity index (χ4v) is 1.68. The lowest BCUT2D eigenvalue weighted by molar-refractivity contribution is 0.383. The lowest BCUT2D eigenvalue weighted by atomic mass is 10.1. The molecular formula is C11H24N2. The summed E-state index contributed by atoms with van der Waals surface area (Å²) in [5.41, 5.74) is 0. The second-order valence-electron chi connectivity index (χ2n) is 4.69. The van der Waals surface area contributed by atoms with Crippen molar-refractivity contribution in [2.24, 2.45) is 5.92 Å². The van der Waals surface area contributed by atoms with Crippen LogP contribution >= 0.6 is 0 Å². The molecule has 1 rings (SSSR count). The van der Waals surface area contributed by atoms with Crippen molar-refractivity contribution < 1.29 is 0 Å². The normalized spacial score (nSPS) is 19.4. The van der Waals surface area contributed by atoms with E-state index in [0.29, 0.717) is 0 Å². The smallest absolute Gasteiger partial charge is 0.00413 e. The number of hydrogen-bond donors (Lipinski definition) is 1. The Morgan fingerprint density at radius 1 is 1.38 bits per heavy atom. The molecule has 78 valence electrons. The maximum absolute atomic E-state index is 3.58. The van der Waals surface area contributed by atoms with E-state index in [1.54, 1.807) is 0 Å². The molecule has 0 amide bonds. The van der Waals surface area contributed by atoms with Crippen LogP contribution in [0.3, 0.4) is 0 Å². The van der Waals surface area contributed by atoms with Crippen LogP contribution in [0.2, 0.25) is 0 Å². The summed E-state index contributed by atoms with van der Waals surface area (Å²) < 4.78 is 0. The first-order valence-corrected chi connectivity index (χ1v) is 5.56. The zero-order chi connectivity index (χ0) is 9.68. The first-order valence-electron chi connectivity index (χ1n) is 5.56. The Hall–Kier alpha value is -0.0800. The van der Waals surface area contributed by atoms with Gasteiger partial charge in [0.1, 0.15) is 0 Å². The average molecular weight is 184 g/mol. The van der Waals surface area contributed by atoms with Gasteiger partial charge in [0.15, 0.2) is 0 Å². The molecule has 0 bridgehead atoms. The molecule has 1 unspecified atom stereocenters. The van der Waals surface area contributed by atoms with Crippen LogP contribution in [0.15, 0.2) is 0 Å². The van der Waals surface area contributed by atoms with Crippen molar-refractivity contribution in [1.82, 2.24) is 10.2 Å². The first-order chi connectivity index (χ1) is 6.18. The second kappa shape index (κ2) is 5.61. The quantitative estimate of drug-likeness (QED) is 0.606. The van der Waals surface area contributed by atoms with Crippen molar-refractivity contribution in [3.05, 3.63) is 0 Å². The summed E-state index contributed by atoms with van der Waals surface area (Å²) in [6.07, 6.45) is 5.61. The van der Waals surface area contributed by atoms with E-state index in [0.717, 1.165) is 12.0 Å². The molecule has 2 heteroatoms. The molecule has 0 spiro atoms. The van der Waals surface area contributed by atoms with Crippen LogP contribution in [-0.2, 0) is 0 Å². The van der Waals surface area contributed by atoms with Gasteiger partial charge in [-0.3, -0.25) is 0 Å². The van der Waals surface area contributed by atoms with E-state index in [4.69, 9.17) is 0 Å². The minimum atomic E-state index is 0.731. The van der Waals surface area contributed by atoms with Crippen molar-refractivity contribution in [3.8, 4) is 0 Å². The molecule has 1 fully saturated rings. The number of nitrogens with zero attached hydrogens (tertiary/aromatic N) is 1. The minimum absolute atomic E-state index is 0.731. The van der Waals surface area contributed by atoms with Crippen LogP contribution in [0.1, 0.15) is 32.6 Å². The van der Waals surface area contributed by atoms with E-state index in [9.17, 15) is 0 Å². The molecule has 0 saturated heterocycles. The van der Waals surface area contributed by atoms with Crippen LogP contribution in [0, 0.1) is 5.92 Å². The number of rotatable bonds is 7. The largest absolute Gasteiger partial charge is 0.314 e. The molecule has 0 radical (unpaired) electrons. The average Bonchev–Trinajstić information content (AvgIpc) is 2.81. The highest BCUT2D eigenvalue weighted by atomic mass is 15.1. The fourth-order valence-electron chi connectivity index (χ4n) is 1.68. The van der Waals surface area contributed by atoms with Crippen LogP contribution in [0.25, 0.3) is 0 Å². The Morgan fingerprint density at radius 3 is 2.62 bits per heavy atom. The standard InChI is InChI=1S/C11H24N2/c1-10(9-11-5-6-11)12-7-4-8-13(2)3/h10-12H,4-9H2,1-3H3. The Kier molecular flexibility index (Phi) is 4.74. The summed E-state index contributed by atoms with van der Waals surface area (Å²) in [6, 6.07) is 0.731. The van der Waals surface area contributed by atoms with Gasteiger partial charge in [-0.15, -0.1) is 0 Å². The Bertz CT molecular complexity index is 130. The van der Waals surface area contributed by atoms with Gasteiger partial charge in [-0.2, -0.15) is 0 Å². The summed E-state index contributed by atoms with van der Waals surface area (Å²) in [7, 11) is 4.27. The van der Waals surface area contributed by atoms with Crippen molar-refractivity contribution in [3.63, 3.8) is 0 Å². The lowest BCUT2D eigenvalue weighted by Crippen LogP contribution is -2.29. The van der Waals surface area contributed by atoms with Crippen LogP contribution in [-0.4, -0.2) is 38.1 Å². The van der Waals surface area contributed by atoms with Gasteiger partial charge in [-0.05, 0) is 52.9 Å². The van der Waals surface area contributed by atoms with Crippen molar-refractivity contribution in [1.29, 1.82) is 0 Å². The maximum atomic E-state index is 3.58. The van der Waals surface area contributed by atoms with Crippen LogP contribution in [0.5, 0.6) is 0 Å². The molecule has 2 nitrogen and oxygen atoms in total. The van der Waals surface area contributed by atoms with E-state index < -0.39 is 0 Å². The lowest BCUT2D eigenvalue weighted by Gasteiger charge is -2.14. The fraction of sp³-hybridized carbons (Fsp3) is 1.00. The maximum Gasteiger partial charge on any atom is 0.00413 e. The summed E-state index contributed by atoms with van der Waals surface area (Å²) in [5.74, 6) is 1.05. The Balaban J connectivity index is 1.85. The van der Waals surface area contributed by atoms with Gasteiger partial charge in [0.25, 0.3) is 0 Å². The highest BCUT2D eigenvalue weighted by Crippen LogP contribution is 2.33. The Labute approximate surface area is 82.7 Å². The molecule has 1 atom stereocenters. The van der Waals surface area contributed by atoms with Gasteiger partial charge < -0.3 is 10.2 Å². The third kappa shape index (κ3) is 6.05. The molecular weight excluding hydrogens is 160 g/mol. The molecule has 0 aromatic heterocycles. The number of nitrogens with one attached hydrogen (secondary N) is 1. The van der Waals surface area contributed by atoms with E-state index in [2.05, 4.69) is 31.2 Å². The van der Waals surface area contributed by atoms with Gasteiger partial charge in [0, 0.05) is 6.04 Å². The first kappa shape index (κ1) is 11.0. The van der Waals surface area contributed by atoms with Crippen LogP contribution < -0.4 is 5.32 Å². The van der Waals surface area contributed by atoms with Gasteiger partial charge >= 0.3 is 0 Å². The van der Waals surface area contributed by atoms with Gasteiger partial charge in [0.2, 0.25) is 0 Å². The minimum Gasteiger partial charge on any atom is -0.314 e. The molecule has 1 aliphatic carbocycles. The van der Waals surface area contributed by atoms with E-state index in [1.165, 1.54) is 38.8 Å². The third-order valence-electron chi connectivity index (χ3n) is 2.66. The van der Waals surface area contributed by atoms with Crippen molar-refractivity contribution >= 4 is 0 Å². The molecule has 0 aromatic rings. The molecule has 1 saturated carbocycles. The highest BCUT2D eigenvalue weighted by Gasteiger charge is 2.22. The predicted octanol–water partition coefficient (Wildman–Crippen LogP) is 1.72. The molecule has 1 aliphatic rings. The van der Waals surface area contributed by atoms with Gasteiger partial charge in [0.05, 0.1) is 0 Å². The summed E-state index contributed by atoms with van der Waals surface area (Å²) in [6.45, 7) is 4.68. The van der Waals surface area contributed by atoms with Gasteiger partial charge in [-0.25, -0.2) is 0 Å². The molecule has 0 heterocycles. The zero-order valence-electron chi connectivity index (χ0n) is 9.34. The summed E-state index contributed by atoms with van der Waals surface area (Å²) in [5, 5.41) is 3.58. The van der Waals surface area contributed by atoms with Crippen molar-refractivity contribution in [2.45, 2.75) is 38.6 Å². The monoisotopic (exact) mass is 184 g/mol. The topological polar surface area (TPSA) is 15.3 Å². The van der Waals surface area contributed by atoms with E-state index >= 15 is 0 Å². The number of hydrogen-bond acceptors (Lipinski definition) is 2. The van der Waals surface area contributed by atoms with Crippen molar-refractivity contribution in [2.75, 3.05) is 27.2 Å². The predicted molar refractivity (Wildman–Crippen MR) is 58.0 cm³/mol. The SMILES string of the molecule is CC(CC1CC1)NCCCN(C)C. The Morgan fingerprint density at radius 2 is 2.08 bits per heavy atom. The molecule has 1 N–H and O–H groups in total. The molecule has 0 aliphatic heterocycles. The van der Waals surface area contributed by atoms with Crippen LogP contribution in [0.4, 0.5) is 0 Å². The summed E-state index contributed by atoms with van der Waals surface area (Å²) in [4.78, 5) is 2.24. The highest BCUT2D eigenvalue weighted by molar-refractivity contribution is 4.77. The third-order valence-corrected chi connectivity index (χ3v) is 2.66. The van der Waals surface area contributed by atoms with E-state index in [-0.39, 0.29) is 0 Å². The van der Waals surface area contributed by atoms with Gasteiger partial charge in [-0.1, -0.05) is 12.8 Å². The summed E-state index contributed by atoms with van der Waals surface area (Å²) >= 11 is 0. The molecule has 13 heavy (non-hydrogen) atoms. The zero-order valence-corrected chi connectivity index (χ0v) is 9.34. The van der Waals surface area contributed by atoms with E-state index in [1.807, 2.05) is 0 Å².